The summed E-state index contributed by atoms with van der Waals surface area (Å²) in [6, 6.07) is 0. The molecule has 3 N–H and O–H groups in total. The molecule has 1 fully saturated rings. The largest absolute Gasteiger partial charge is 0.390 e. The first-order valence-electron chi connectivity index (χ1n) is 6.37. The number of aliphatic hydroxyl groups excluding tert-OH is 1. The summed E-state index contributed by atoms with van der Waals surface area (Å²) >= 11 is 0. The number of carbonyl (C=O) groups is 1. The van der Waals surface area contributed by atoms with Crippen LogP contribution in [-0.4, -0.2) is 42.7 Å². The summed E-state index contributed by atoms with van der Waals surface area (Å²) in [7, 11) is 1.81. The molecule has 0 spiro atoms. The Morgan fingerprint density at radius 1 is 1.33 bits per heavy atom. The molecule has 1 saturated carbocycles. The van der Waals surface area contributed by atoms with Crippen molar-refractivity contribution in [3.8, 4) is 0 Å². The van der Waals surface area contributed by atoms with Gasteiger partial charge < -0.3 is 15.7 Å². The molecule has 0 aromatic heterocycles. The molecule has 1 aliphatic rings. The Bertz CT molecular complexity index is 279. The summed E-state index contributed by atoms with van der Waals surface area (Å²) in [5, 5.41) is 13.8. The van der Waals surface area contributed by atoms with E-state index in [1.165, 1.54) is 0 Å². The van der Waals surface area contributed by atoms with Gasteiger partial charge in [0, 0.05) is 12.0 Å². The van der Waals surface area contributed by atoms with Crippen molar-refractivity contribution in [3.05, 3.63) is 0 Å². The van der Waals surface area contributed by atoms with E-state index in [9.17, 15) is 13.6 Å². The van der Waals surface area contributed by atoms with E-state index in [0.29, 0.717) is 0 Å². The Balaban J connectivity index is 2.42. The SMILES string of the molecule is CNC1(CC(=O)NCC(F)(F)CO)CCCCC1. The van der Waals surface area contributed by atoms with Crippen LogP contribution in [0.3, 0.4) is 0 Å². The predicted octanol–water partition coefficient (Wildman–Crippen LogP) is 1.04. The molecule has 6 heteroatoms. The minimum atomic E-state index is -3.24. The first-order chi connectivity index (χ1) is 8.43. The summed E-state index contributed by atoms with van der Waals surface area (Å²) in [6.45, 7) is -2.05. The van der Waals surface area contributed by atoms with E-state index in [-0.39, 0.29) is 17.9 Å². The van der Waals surface area contributed by atoms with E-state index < -0.39 is 19.1 Å². The van der Waals surface area contributed by atoms with Gasteiger partial charge in [-0.1, -0.05) is 19.3 Å². The number of rotatable bonds is 6. The van der Waals surface area contributed by atoms with Crippen molar-refractivity contribution in [1.29, 1.82) is 0 Å². The van der Waals surface area contributed by atoms with Crippen molar-refractivity contribution in [3.63, 3.8) is 0 Å². The minimum absolute atomic E-state index is 0.213. The summed E-state index contributed by atoms with van der Waals surface area (Å²) < 4.78 is 25.6. The summed E-state index contributed by atoms with van der Waals surface area (Å²) in [6.07, 6.45) is 5.28. The van der Waals surface area contributed by atoms with Crippen molar-refractivity contribution in [2.45, 2.75) is 50.0 Å². The number of halogens is 2. The Kier molecular flexibility index (Phi) is 5.47. The first kappa shape index (κ1) is 15.3. The summed E-state index contributed by atoms with van der Waals surface area (Å²) in [5.41, 5.74) is -0.253. The molecule has 0 saturated heterocycles. The lowest BCUT2D eigenvalue weighted by Crippen LogP contribution is -2.49. The van der Waals surface area contributed by atoms with Gasteiger partial charge in [0.15, 0.2) is 0 Å². The van der Waals surface area contributed by atoms with Gasteiger partial charge in [-0.3, -0.25) is 4.79 Å². The molecular weight excluding hydrogens is 242 g/mol. The van der Waals surface area contributed by atoms with Crippen molar-refractivity contribution >= 4 is 5.91 Å². The molecular formula is C12H22F2N2O2. The highest BCUT2D eigenvalue weighted by molar-refractivity contribution is 5.77. The van der Waals surface area contributed by atoms with E-state index in [0.717, 1.165) is 32.1 Å². The van der Waals surface area contributed by atoms with Crippen LogP contribution in [0.2, 0.25) is 0 Å². The molecule has 18 heavy (non-hydrogen) atoms. The van der Waals surface area contributed by atoms with E-state index >= 15 is 0 Å². The number of carbonyl (C=O) groups excluding carboxylic acids is 1. The van der Waals surface area contributed by atoms with Crippen LogP contribution in [0.1, 0.15) is 38.5 Å². The van der Waals surface area contributed by atoms with Gasteiger partial charge in [-0.25, -0.2) is 8.78 Å². The zero-order chi connectivity index (χ0) is 13.6. The van der Waals surface area contributed by atoms with Crippen molar-refractivity contribution in [2.75, 3.05) is 20.2 Å². The normalized spacial score (nSPS) is 19.6. The quantitative estimate of drug-likeness (QED) is 0.672. The first-order valence-corrected chi connectivity index (χ1v) is 6.37. The Morgan fingerprint density at radius 3 is 2.44 bits per heavy atom. The highest BCUT2D eigenvalue weighted by Gasteiger charge is 2.34. The van der Waals surface area contributed by atoms with E-state index in [1.807, 2.05) is 0 Å². The molecule has 1 amide bonds. The van der Waals surface area contributed by atoms with Crippen molar-refractivity contribution in [2.24, 2.45) is 0 Å². The maximum atomic E-state index is 12.8. The monoisotopic (exact) mass is 264 g/mol. The van der Waals surface area contributed by atoms with Crippen LogP contribution < -0.4 is 10.6 Å². The third-order valence-corrected chi connectivity index (χ3v) is 3.62. The molecule has 1 aliphatic carbocycles. The number of hydrogen-bond acceptors (Lipinski definition) is 3. The van der Waals surface area contributed by atoms with Crippen LogP contribution in [0.4, 0.5) is 8.78 Å². The molecule has 4 nitrogen and oxygen atoms in total. The second kappa shape index (κ2) is 6.43. The minimum Gasteiger partial charge on any atom is -0.390 e. The smallest absolute Gasteiger partial charge is 0.287 e. The highest BCUT2D eigenvalue weighted by atomic mass is 19.3. The average Bonchev–Trinajstić information content (AvgIpc) is 2.38. The van der Waals surface area contributed by atoms with Crippen molar-refractivity contribution < 1.29 is 18.7 Å². The summed E-state index contributed by atoms with van der Waals surface area (Å²) in [4.78, 5) is 11.7. The fourth-order valence-electron chi connectivity index (χ4n) is 2.40. The maximum absolute atomic E-state index is 12.8. The van der Waals surface area contributed by atoms with Gasteiger partial charge in [-0.2, -0.15) is 0 Å². The van der Waals surface area contributed by atoms with Gasteiger partial charge >= 0.3 is 0 Å². The van der Waals surface area contributed by atoms with Gasteiger partial charge in [0.2, 0.25) is 5.91 Å². The highest BCUT2D eigenvalue weighted by Crippen LogP contribution is 2.30. The number of nitrogens with one attached hydrogen (secondary N) is 2. The van der Waals surface area contributed by atoms with Gasteiger partial charge in [0.25, 0.3) is 5.92 Å². The number of alkyl halides is 2. The number of hydrogen-bond donors (Lipinski definition) is 3. The van der Waals surface area contributed by atoms with E-state index in [2.05, 4.69) is 10.6 Å². The van der Waals surface area contributed by atoms with Gasteiger partial charge in [0.1, 0.15) is 6.61 Å². The standard InChI is InChI=1S/C12H22F2N2O2/c1-15-11(5-3-2-4-6-11)7-10(18)16-8-12(13,14)9-17/h15,17H,2-9H2,1H3,(H,16,18). The van der Waals surface area contributed by atoms with Crippen molar-refractivity contribution in [1.82, 2.24) is 10.6 Å². The molecule has 0 aromatic rings. The Morgan fingerprint density at radius 2 is 1.94 bits per heavy atom. The topological polar surface area (TPSA) is 61.4 Å². The summed E-state index contributed by atoms with van der Waals surface area (Å²) in [5.74, 6) is -3.63. The maximum Gasteiger partial charge on any atom is 0.287 e. The zero-order valence-electron chi connectivity index (χ0n) is 10.8. The van der Waals surface area contributed by atoms with Crippen LogP contribution in [0, 0.1) is 0 Å². The number of amides is 1. The molecule has 106 valence electrons. The lowest BCUT2D eigenvalue weighted by molar-refractivity contribution is -0.125. The molecule has 0 bridgehead atoms. The molecule has 0 aromatic carbocycles. The predicted molar refractivity (Wildman–Crippen MR) is 64.5 cm³/mol. The van der Waals surface area contributed by atoms with Crippen LogP contribution in [0.5, 0.6) is 0 Å². The molecule has 0 atom stereocenters. The second-order valence-corrected chi connectivity index (χ2v) is 5.06. The Hall–Kier alpha value is -0.750. The lowest BCUT2D eigenvalue weighted by Gasteiger charge is -2.36. The molecule has 0 aliphatic heterocycles. The van der Waals surface area contributed by atoms with Crippen LogP contribution in [0.25, 0.3) is 0 Å². The number of aliphatic hydroxyl groups is 1. The van der Waals surface area contributed by atoms with Crippen LogP contribution in [-0.2, 0) is 4.79 Å². The third-order valence-electron chi connectivity index (χ3n) is 3.62. The Labute approximate surface area is 106 Å². The fraction of sp³-hybridized carbons (Fsp3) is 0.917. The van der Waals surface area contributed by atoms with Gasteiger partial charge in [0.05, 0.1) is 6.54 Å². The van der Waals surface area contributed by atoms with E-state index in [1.54, 1.807) is 7.05 Å². The molecule has 0 radical (unpaired) electrons. The van der Waals surface area contributed by atoms with Crippen LogP contribution in [0.15, 0.2) is 0 Å². The van der Waals surface area contributed by atoms with E-state index in [4.69, 9.17) is 5.11 Å². The third kappa shape index (κ3) is 4.49. The average molecular weight is 264 g/mol. The molecule has 0 heterocycles. The van der Waals surface area contributed by atoms with Gasteiger partial charge in [-0.05, 0) is 19.9 Å². The second-order valence-electron chi connectivity index (χ2n) is 5.06. The zero-order valence-corrected chi connectivity index (χ0v) is 10.8. The molecule has 0 unspecified atom stereocenters. The fourth-order valence-corrected chi connectivity index (χ4v) is 2.40. The molecule has 1 rings (SSSR count). The van der Waals surface area contributed by atoms with Gasteiger partial charge in [-0.15, -0.1) is 0 Å². The van der Waals surface area contributed by atoms with Crippen LogP contribution >= 0.6 is 0 Å². The lowest BCUT2D eigenvalue weighted by atomic mass is 9.79.